The lowest BCUT2D eigenvalue weighted by molar-refractivity contribution is 0.0941. The highest BCUT2D eigenvalue weighted by atomic mass is 32.1. The molecule has 1 aliphatic carbocycles. The minimum atomic E-state index is -0.275. The Bertz CT molecular complexity index is 1040. The number of thiophene rings is 1. The number of halogens is 1. The van der Waals surface area contributed by atoms with Crippen molar-refractivity contribution in [1.82, 2.24) is 20.0 Å². The third-order valence-electron chi connectivity index (χ3n) is 5.82. The van der Waals surface area contributed by atoms with Gasteiger partial charge in [-0.25, -0.2) is 9.07 Å². The molecule has 2 aromatic heterocycles. The molecule has 2 aliphatic rings. The fraction of sp³-hybridized carbons (Fsp3) is 0.364. The average Bonchev–Trinajstić information content (AvgIpc) is 3.44. The van der Waals surface area contributed by atoms with E-state index in [1.54, 1.807) is 16.8 Å². The number of rotatable bonds is 5. The minimum Gasteiger partial charge on any atom is -0.349 e. The zero-order chi connectivity index (χ0) is 19.8. The Morgan fingerprint density at radius 1 is 1.17 bits per heavy atom. The summed E-state index contributed by atoms with van der Waals surface area (Å²) in [6.45, 7) is 3.44. The van der Waals surface area contributed by atoms with Gasteiger partial charge in [0.25, 0.3) is 5.91 Å². The Morgan fingerprint density at radius 3 is 2.90 bits per heavy atom. The van der Waals surface area contributed by atoms with E-state index in [2.05, 4.69) is 26.8 Å². The third-order valence-corrected chi connectivity index (χ3v) is 6.84. The summed E-state index contributed by atoms with van der Waals surface area (Å²) in [5.41, 5.74) is 4.84. The number of fused-ring (bicyclic) bond motifs is 2. The topological polar surface area (TPSA) is 50.2 Å². The Labute approximate surface area is 173 Å². The van der Waals surface area contributed by atoms with Crippen LogP contribution >= 0.6 is 11.3 Å². The van der Waals surface area contributed by atoms with Crippen LogP contribution < -0.4 is 5.32 Å². The molecule has 1 amide bonds. The normalized spacial score (nSPS) is 15.9. The van der Waals surface area contributed by atoms with Gasteiger partial charge in [0.2, 0.25) is 0 Å². The highest BCUT2D eigenvalue weighted by Crippen LogP contribution is 2.28. The van der Waals surface area contributed by atoms with Crippen molar-refractivity contribution in [3.05, 3.63) is 68.9 Å². The van der Waals surface area contributed by atoms with Crippen LogP contribution in [-0.4, -0.2) is 40.2 Å². The van der Waals surface area contributed by atoms with Crippen molar-refractivity contribution in [3.63, 3.8) is 0 Å². The monoisotopic (exact) mass is 410 g/mol. The maximum absolute atomic E-state index is 13.3. The summed E-state index contributed by atoms with van der Waals surface area (Å²) in [4.78, 5) is 16.7. The Balaban J connectivity index is 1.26. The number of nitrogens with one attached hydrogen (secondary N) is 1. The van der Waals surface area contributed by atoms with Crippen LogP contribution in [0.2, 0.25) is 0 Å². The molecule has 0 radical (unpaired) electrons. The van der Waals surface area contributed by atoms with Gasteiger partial charge in [0.1, 0.15) is 5.82 Å². The molecule has 0 atom stereocenters. The standard InChI is InChI=1S/C22H23FN4OS/c23-16-4-6-17(7-5-16)27-19-3-1-2-18(19)21(25-27)22(28)24-10-12-26-11-8-20-15(14-26)9-13-29-20/h4-7,9,13H,1-3,8,10-12,14H2,(H,24,28). The van der Waals surface area contributed by atoms with Crippen molar-refractivity contribution in [1.29, 1.82) is 0 Å². The summed E-state index contributed by atoms with van der Waals surface area (Å²) in [6, 6.07) is 8.47. The molecule has 3 aromatic rings. The van der Waals surface area contributed by atoms with Crippen LogP contribution in [0.1, 0.15) is 38.6 Å². The lowest BCUT2D eigenvalue weighted by atomic mass is 10.1. The number of amides is 1. The smallest absolute Gasteiger partial charge is 0.272 e. The summed E-state index contributed by atoms with van der Waals surface area (Å²) in [7, 11) is 0. The first-order valence-electron chi connectivity index (χ1n) is 10.1. The van der Waals surface area contributed by atoms with Crippen LogP contribution in [0, 0.1) is 5.82 Å². The molecule has 0 spiro atoms. The van der Waals surface area contributed by atoms with Crippen LogP contribution in [0.4, 0.5) is 4.39 Å². The molecule has 0 bridgehead atoms. The van der Waals surface area contributed by atoms with E-state index in [0.717, 1.165) is 62.3 Å². The molecule has 1 N–H and O–H groups in total. The fourth-order valence-corrected chi connectivity index (χ4v) is 5.21. The first kappa shape index (κ1) is 18.5. The first-order chi connectivity index (χ1) is 14.2. The second kappa shape index (κ2) is 7.72. The molecule has 29 heavy (non-hydrogen) atoms. The molecule has 0 saturated carbocycles. The molecule has 1 aliphatic heterocycles. The summed E-state index contributed by atoms with van der Waals surface area (Å²) < 4.78 is 15.1. The summed E-state index contributed by atoms with van der Waals surface area (Å²) >= 11 is 1.84. The van der Waals surface area contributed by atoms with Crippen LogP contribution in [-0.2, 0) is 25.8 Å². The van der Waals surface area contributed by atoms with E-state index in [0.29, 0.717) is 12.2 Å². The van der Waals surface area contributed by atoms with Crippen LogP contribution in [0.25, 0.3) is 5.69 Å². The van der Waals surface area contributed by atoms with Gasteiger partial charge in [-0.3, -0.25) is 9.69 Å². The lowest BCUT2D eigenvalue weighted by Crippen LogP contribution is -2.37. The van der Waals surface area contributed by atoms with E-state index < -0.39 is 0 Å². The predicted molar refractivity (Wildman–Crippen MR) is 111 cm³/mol. The maximum Gasteiger partial charge on any atom is 0.272 e. The molecular weight excluding hydrogens is 387 g/mol. The lowest BCUT2D eigenvalue weighted by Gasteiger charge is -2.26. The molecule has 150 valence electrons. The summed E-state index contributed by atoms with van der Waals surface area (Å²) in [5.74, 6) is -0.389. The van der Waals surface area contributed by atoms with Crippen molar-refractivity contribution < 1.29 is 9.18 Å². The van der Waals surface area contributed by atoms with Crippen LogP contribution in [0.5, 0.6) is 0 Å². The van der Waals surface area contributed by atoms with E-state index in [9.17, 15) is 9.18 Å². The van der Waals surface area contributed by atoms with Crippen LogP contribution in [0.15, 0.2) is 35.7 Å². The van der Waals surface area contributed by atoms with E-state index in [-0.39, 0.29) is 11.7 Å². The van der Waals surface area contributed by atoms with Crippen molar-refractivity contribution >= 4 is 17.2 Å². The maximum atomic E-state index is 13.3. The van der Waals surface area contributed by atoms with Crippen molar-refractivity contribution in [2.24, 2.45) is 0 Å². The van der Waals surface area contributed by atoms with E-state index >= 15 is 0 Å². The highest BCUT2D eigenvalue weighted by molar-refractivity contribution is 7.10. The Hall–Kier alpha value is -2.51. The van der Waals surface area contributed by atoms with E-state index in [1.165, 1.54) is 22.6 Å². The number of aromatic nitrogens is 2. The Morgan fingerprint density at radius 2 is 2.03 bits per heavy atom. The van der Waals surface area contributed by atoms with Gasteiger partial charge in [-0.2, -0.15) is 5.10 Å². The molecule has 0 unspecified atom stereocenters. The van der Waals surface area contributed by atoms with Gasteiger partial charge >= 0.3 is 0 Å². The van der Waals surface area contributed by atoms with Gasteiger partial charge in [0, 0.05) is 42.3 Å². The number of carbonyl (C=O) groups excluding carboxylic acids is 1. The van der Waals surface area contributed by atoms with Crippen molar-refractivity contribution in [2.75, 3.05) is 19.6 Å². The van der Waals surface area contributed by atoms with Gasteiger partial charge in [-0.15, -0.1) is 11.3 Å². The highest BCUT2D eigenvalue weighted by Gasteiger charge is 2.27. The molecule has 5 nitrogen and oxygen atoms in total. The molecule has 5 rings (SSSR count). The van der Waals surface area contributed by atoms with Gasteiger partial charge in [-0.1, -0.05) is 0 Å². The largest absolute Gasteiger partial charge is 0.349 e. The second-order valence-corrected chi connectivity index (χ2v) is 8.67. The zero-order valence-corrected chi connectivity index (χ0v) is 17.0. The van der Waals surface area contributed by atoms with Gasteiger partial charge < -0.3 is 5.32 Å². The van der Waals surface area contributed by atoms with E-state index in [4.69, 9.17) is 0 Å². The Kier molecular flexibility index (Phi) is 4.93. The van der Waals surface area contributed by atoms with E-state index in [1.807, 2.05) is 11.3 Å². The first-order valence-corrected chi connectivity index (χ1v) is 11.0. The van der Waals surface area contributed by atoms with Crippen molar-refractivity contribution in [3.8, 4) is 5.69 Å². The predicted octanol–water partition coefficient (Wildman–Crippen LogP) is 3.35. The third kappa shape index (κ3) is 3.60. The van der Waals surface area contributed by atoms with Crippen molar-refractivity contribution in [2.45, 2.75) is 32.2 Å². The zero-order valence-electron chi connectivity index (χ0n) is 16.2. The number of hydrogen-bond acceptors (Lipinski definition) is 4. The summed E-state index contributed by atoms with van der Waals surface area (Å²) in [5, 5.41) is 9.80. The molecule has 7 heteroatoms. The van der Waals surface area contributed by atoms with Gasteiger partial charge in [-0.05, 0) is 67.0 Å². The molecule has 0 fully saturated rings. The average molecular weight is 411 g/mol. The molecule has 0 saturated heterocycles. The number of hydrogen-bond donors (Lipinski definition) is 1. The number of carbonyl (C=O) groups is 1. The van der Waals surface area contributed by atoms with Crippen LogP contribution in [0.3, 0.4) is 0 Å². The van der Waals surface area contributed by atoms with Gasteiger partial charge in [0.05, 0.1) is 5.69 Å². The minimum absolute atomic E-state index is 0.114. The fourth-order valence-electron chi connectivity index (χ4n) is 4.32. The molecule has 3 heterocycles. The number of benzene rings is 1. The second-order valence-electron chi connectivity index (χ2n) is 7.67. The molecule has 1 aromatic carbocycles. The molecular formula is C22H23FN4OS. The van der Waals surface area contributed by atoms with Gasteiger partial charge in [0.15, 0.2) is 5.69 Å². The number of nitrogens with zero attached hydrogens (tertiary/aromatic N) is 3. The summed E-state index contributed by atoms with van der Waals surface area (Å²) in [6.07, 6.45) is 3.87. The quantitative estimate of drug-likeness (QED) is 0.702. The SMILES string of the molecule is O=C(NCCN1CCc2sccc2C1)c1nn(-c2ccc(F)cc2)c2c1CCC2.